The third kappa shape index (κ3) is 3.37. The Kier molecular flexibility index (Phi) is 4.12. The molecule has 2 aromatic heterocycles. The Balaban J connectivity index is 1.39. The number of hydrogen-bond donors (Lipinski definition) is 2. The van der Waals surface area contributed by atoms with E-state index in [-0.39, 0.29) is 17.6 Å². The molecule has 0 atom stereocenters. The van der Waals surface area contributed by atoms with Crippen molar-refractivity contribution in [1.29, 1.82) is 0 Å². The van der Waals surface area contributed by atoms with Gasteiger partial charge in [-0.15, -0.1) is 0 Å². The fraction of sp³-hybridized carbons (Fsp3) is 0.238. The lowest BCUT2D eigenvalue weighted by Crippen LogP contribution is -2.13. The van der Waals surface area contributed by atoms with Crippen molar-refractivity contribution in [3.05, 3.63) is 59.3 Å². The van der Waals surface area contributed by atoms with Gasteiger partial charge >= 0.3 is 0 Å². The number of ether oxygens (including phenoxy) is 1. The Labute approximate surface area is 166 Å². The minimum Gasteiger partial charge on any atom is -0.473 e. The number of fused-ring (bicyclic) bond motifs is 1. The molecule has 3 heterocycles. The summed E-state index contributed by atoms with van der Waals surface area (Å²) in [6, 6.07) is 4.90. The van der Waals surface area contributed by atoms with Gasteiger partial charge in [0.25, 0.3) is 5.91 Å². The van der Waals surface area contributed by atoms with E-state index in [1.165, 1.54) is 6.07 Å². The summed E-state index contributed by atoms with van der Waals surface area (Å²) in [5.41, 5.74) is 3.38. The van der Waals surface area contributed by atoms with Gasteiger partial charge in [-0.1, -0.05) is 6.07 Å². The first kappa shape index (κ1) is 17.5. The number of amides is 1. The topological polar surface area (TPSA) is 89.0 Å². The van der Waals surface area contributed by atoms with Gasteiger partial charge in [0.1, 0.15) is 23.6 Å². The minimum absolute atomic E-state index is 0.118. The second-order valence-corrected chi connectivity index (χ2v) is 7.20. The molecule has 7 nitrogen and oxygen atoms in total. The maximum atomic E-state index is 14.0. The summed E-state index contributed by atoms with van der Waals surface area (Å²) in [5.74, 6) is 0.812. The molecule has 0 unspecified atom stereocenters. The summed E-state index contributed by atoms with van der Waals surface area (Å²) in [6.07, 6.45) is 7.32. The fourth-order valence-corrected chi connectivity index (χ4v) is 3.39. The number of benzene rings is 1. The van der Waals surface area contributed by atoms with Crippen LogP contribution < -0.4 is 15.4 Å². The SMILES string of the molecule is Cc1cc(Nc2cnc(OC3CC3)cn2)ncc1-c1ccc(F)c2c1CNC2=O. The van der Waals surface area contributed by atoms with Crippen molar-refractivity contribution in [1.82, 2.24) is 20.3 Å². The quantitative estimate of drug-likeness (QED) is 0.692. The van der Waals surface area contributed by atoms with Crippen LogP contribution in [0.2, 0.25) is 0 Å². The van der Waals surface area contributed by atoms with Gasteiger partial charge in [0.15, 0.2) is 0 Å². The molecule has 3 aromatic rings. The second kappa shape index (κ2) is 6.80. The largest absolute Gasteiger partial charge is 0.473 e. The van der Waals surface area contributed by atoms with Crippen molar-refractivity contribution in [2.45, 2.75) is 32.4 Å². The number of aromatic nitrogens is 3. The molecule has 1 aliphatic carbocycles. The lowest BCUT2D eigenvalue weighted by molar-refractivity contribution is 0.0962. The molecular weight excluding hydrogens is 373 g/mol. The number of nitrogens with zero attached hydrogens (tertiary/aromatic N) is 3. The number of nitrogens with one attached hydrogen (secondary N) is 2. The molecule has 0 bridgehead atoms. The summed E-state index contributed by atoms with van der Waals surface area (Å²) in [7, 11) is 0. The molecular formula is C21H18FN5O2. The molecule has 0 spiro atoms. The molecule has 1 amide bonds. The standard InChI is InChI=1S/C21H18FN5O2/c1-11-6-17(27-18-9-25-19(10-24-18)29-12-2-3-12)23-7-14(11)13-4-5-16(22)20-15(13)8-26-21(20)28/h4-7,9-10,12H,2-3,8H2,1H3,(H,26,28)(H,23,24,27). The number of halogens is 1. The first-order chi connectivity index (χ1) is 14.1. The third-order valence-electron chi connectivity index (χ3n) is 5.01. The fourth-order valence-electron chi connectivity index (χ4n) is 3.39. The van der Waals surface area contributed by atoms with E-state index in [2.05, 4.69) is 25.6 Å². The number of aryl methyl sites for hydroxylation is 1. The van der Waals surface area contributed by atoms with Crippen LogP contribution in [0.1, 0.15) is 34.3 Å². The van der Waals surface area contributed by atoms with Crippen LogP contribution in [0.5, 0.6) is 5.88 Å². The molecule has 29 heavy (non-hydrogen) atoms. The Hall–Kier alpha value is -3.55. The highest BCUT2D eigenvalue weighted by molar-refractivity contribution is 6.01. The molecule has 2 N–H and O–H groups in total. The average molecular weight is 391 g/mol. The van der Waals surface area contributed by atoms with Gasteiger partial charge in [-0.3, -0.25) is 4.79 Å². The Morgan fingerprint density at radius 3 is 2.66 bits per heavy atom. The summed E-state index contributed by atoms with van der Waals surface area (Å²) < 4.78 is 19.6. The molecule has 0 radical (unpaired) electrons. The molecule has 1 saturated carbocycles. The van der Waals surface area contributed by atoms with Crippen molar-refractivity contribution in [2.24, 2.45) is 0 Å². The monoisotopic (exact) mass is 391 g/mol. The molecule has 2 aliphatic rings. The van der Waals surface area contributed by atoms with Crippen molar-refractivity contribution in [2.75, 3.05) is 5.32 Å². The van der Waals surface area contributed by atoms with Gasteiger partial charge in [-0.25, -0.2) is 19.3 Å². The minimum atomic E-state index is -0.504. The van der Waals surface area contributed by atoms with Crippen LogP contribution in [0, 0.1) is 12.7 Å². The van der Waals surface area contributed by atoms with E-state index in [1.54, 1.807) is 24.7 Å². The molecule has 1 fully saturated rings. The maximum Gasteiger partial charge on any atom is 0.254 e. The van der Waals surface area contributed by atoms with Crippen LogP contribution in [0.25, 0.3) is 11.1 Å². The van der Waals surface area contributed by atoms with Crippen molar-refractivity contribution >= 4 is 17.5 Å². The van der Waals surface area contributed by atoms with Crippen molar-refractivity contribution < 1.29 is 13.9 Å². The van der Waals surface area contributed by atoms with E-state index in [9.17, 15) is 9.18 Å². The zero-order valence-corrected chi connectivity index (χ0v) is 15.7. The number of pyridine rings is 1. The van der Waals surface area contributed by atoms with Crippen LogP contribution in [-0.2, 0) is 6.54 Å². The van der Waals surface area contributed by atoms with E-state index >= 15 is 0 Å². The lowest BCUT2D eigenvalue weighted by Gasteiger charge is -2.12. The van der Waals surface area contributed by atoms with Gasteiger partial charge in [-0.05, 0) is 48.6 Å². The highest BCUT2D eigenvalue weighted by atomic mass is 19.1. The highest BCUT2D eigenvalue weighted by Gasteiger charge is 2.27. The smallest absolute Gasteiger partial charge is 0.254 e. The van der Waals surface area contributed by atoms with Gasteiger partial charge in [0.2, 0.25) is 5.88 Å². The van der Waals surface area contributed by atoms with E-state index in [1.807, 2.05) is 13.0 Å². The van der Waals surface area contributed by atoms with Crippen molar-refractivity contribution in [3.8, 4) is 17.0 Å². The van der Waals surface area contributed by atoms with Crippen LogP contribution >= 0.6 is 0 Å². The number of anilines is 2. The van der Waals surface area contributed by atoms with Crippen molar-refractivity contribution in [3.63, 3.8) is 0 Å². The lowest BCUT2D eigenvalue weighted by atomic mass is 9.95. The highest BCUT2D eigenvalue weighted by Crippen LogP contribution is 2.33. The third-order valence-corrected chi connectivity index (χ3v) is 5.01. The second-order valence-electron chi connectivity index (χ2n) is 7.20. The van der Waals surface area contributed by atoms with Gasteiger partial charge < -0.3 is 15.4 Å². The van der Waals surface area contributed by atoms with E-state index < -0.39 is 5.82 Å². The van der Waals surface area contributed by atoms with E-state index in [0.717, 1.165) is 29.5 Å². The summed E-state index contributed by atoms with van der Waals surface area (Å²) in [5, 5.41) is 5.80. The average Bonchev–Trinajstić information content (AvgIpc) is 3.44. The first-order valence-electron chi connectivity index (χ1n) is 9.41. The van der Waals surface area contributed by atoms with E-state index in [4.69, 9.17) is 4.74 Å². The Morgan fingerprint density at radius 2 is 1.93 bits per heavy atom. The van der Waals surface area contributed by atoms with Gasteiger partial charge in [0.05, 0.1) is 18.0 Å². The predicted molar refractivity (Wildman–Crippen MR) is 105 cm³/mol. The van der Waals surface area contributed by atoms with Crippen LogP contribution in [0.15, 0.2) is 36.8 Å². The van der Waals surface area contributed by atoms with E-state index in [0.29, 0.717) is 29.6 Å². The molecule has 8 heteroatoms. The number of rotatable bonds is 5. The zero-order valence-electron chi connectivity index (χ0n) is 15.7. The predicted octanol–water partition coefficient (Wildman–Crippen LogP) is 3.51. The van der Waals surface area contributed by atoms with Gasteiger partial charge in [-0.2, -0.15) is 0 Å². The Bertz CT molecular complexity index is 1110. The van der Waals surface area contributed by atoms with Crippen LogP contribution in [0.4, 0.5) is 16.0 Å². The van der Waals surface area contributed by atoms with Crippen LogP contribution in [-0.4, -0.2) is 27.0 Å². The van der Waals surface area contributed by atoms with Gasteiger partial charge in [0, 0.05) is 18.3 Å². The van der Waals surface area contributed by atoms with Crippen LogP contribution in [0.3, 0.4) is 0 Å². The Morgan fingerprint density at radius 1 is 1.10 bits per heavy atom. The summed E-state index contributed by atoms with van der Waals surface area (Å²) >= 11 is 0. The number of carbonyl (C=O) groups excluding carboxylic acids is 1. The maximum absolute atomic E-state index is 14.0. The zero-order chi connectivity index (χ0) is 20.0. The normalized spacial score (nSPS) is 15.0. The first-order valence-corrected chi connectivity index (χ1v) is 9.41. The molecule has 0 saturated heterocycles. The molecule has 5 rings (SSSR count). The summed E-state index contributed by atoms with van der Waals surface area (Å²) in [4.78, 5) is 24.9. The molecule has 146 valence electrons. The molecule has 1 aliphatic heterocycles. The molecule has 1 aromatic carbocycles. The number of carbonyl (C=O) groups is 1. The summed E-state index contributed by atoms with van der Waals surface area (Å²) in [6.45, 7) is 2.26. The number of hydrogen-bond acceptors (Lipinski definition) is 6.